The van der Waals surface area contributed by atoms with E-state index in [2.05, 4.69) is 29.4 Å². The zero-order valence-corrected chi connectivity index (χ0v) is 15.4. The number of ether oxygens (including phenoxy) is 2. The number of carbonyl (C=O) groups is 1. The molecule has 26 heavy (non-hydrogen) atoms. The maximum atomic E-state index is 12.7. The Kier molecular flexibility index (Phi) is 6.23. The van der Waals surface area contributed by atoms with Crippen molar-refractivity contribution in [2.45, 2.75) is 25.8 Å². The van der Waals surface area contributed by atoms with Crippen molar-refractivity contribution in [2.75, 3.05) is 20.3 Å². The van der Waals surface area contributed by atoms with Crippen molar-refractivity contribution in [2.24, 2.45) is 11.8 Å². The summed E-state index contributed by atoms with van der Waals surface area (Å²) >= 11 is 0. The van der Waals surface area contributed by atoms with E-state index in [0.29, 0.717) is 36.5 Å². The number of amides is 1. The number of nitrogens with one attached hydrogen (secondary N) is 1. The Labute approximate surface area is 154 Å². The molecular weight excluding hydrogens is 328 g/mol. The van der Waals surface area contributed by atoms with Crippen LogP contribution in [-0.4, -0.2) is 31.2 Å². The van der Waals surface area contributed by atoms with E-state index in [9.17, 15) is 4.79 Å². The second-order valence-corrected chi connectivity index (χ2v) is 6.82. The van der Waals surface area contributed by atoms with E-state index < -0.39 is 0 Å². The third kappa shape index (κ3) is 4.82. The third-order valence-corrected chi connectivity index (χ3v) is 4.79. The van der Waals surface area contributed by atoms with Crippen molar-refractivity contribution in [1.29, 1.82) is 0 Å². The molecule has 1 aromatic heterocycles. The van der Waals surface area contributed by atoms with E-state index in [0.717, 1.165) is 18.4 Å². The van der Waals surface area contributed by atoms with Crippen LogP contribution in [0.3, 0.4) is 0 Å². The zero-order chi connectivity index (χ0) is 18.4. The molecule has 0 bridgehead atoms. The Morgan fingerprint density at radius 3 is 2.62 bits per heavy atom. The summed E-state index contributed by atoms with van der Waals surface area (Å²) in [4.78, 5) is 16.9. The largest absolute Gasteiger partial charge is 0.478 e. The van der Waals surface area contributed by atoms with Crippen LogP contribution in [0.2, 0.25) is 0 Å². The van der Waals surface area contributed by atoms with Crippen LogP contribution in [0.5, 0.6) is 5.88 Å². The lowest BCUT2D eigenvalue weighted by atomic mass is 10.0. The molecule has 3 unspecified atom stereocenters. The molecule has 0 aliphatic heterocycles. The molecule has 1 N–H and O–H groups in total. The van der Waals surface area contributed by atoms with Gasteiger partial charge in [0.05, 0.1) is 18.2 Å². The number of aromatic nitrogens is 1. The third-order valence-electron chi connectivity index (χ3n) is 4.79. The van der Waals surface area contributed by atoms with Crippen molar-refractivity contribution in [1.82, 2.24) is 10.3 Å². The molecule has 2 aromatic rings. The topological polar surface area (TPSA) is 60.5 Å². The highest BCUT2D eigenvalue weighted by Crippen LogP contribution is 2.47. The highest BCUT2D eigenvalue weighted by Gasteiger charge is 2.40. The zero-order valence-electron chi connectivity index (χ0n) is 15.4. The summed E-state index contributed by atoms with van der Waals surface area (Å²) in [6.07, 6.45) is 3.52. The lowest BCUT2D eigenvalue weighted by molar-refractivity contribution is 0.0930. The average molecular weight is 354 g/mol. The van der Waals surface area contributed by atoms with Crippen LogP contribution in [0.25, 0.3) is 0 Å². The van der Waals surface area contributed by atoms with Crippen molar-refractivity contribution >= 4 is 5.91 Å². The summed E-state index contributed by atoms with van der Waals surface area (Å²) in [7, 11) is 1.66. The Morgan fingerprint density at radius 2 is 2.00 bits per heavy atom. The summed E-state index contributed by atoms with van der Waals surface area (Å²) in [5.74, 6) is 1.56. The summed E-state index contributed by atoms with van der Waals surface area (Å²) in [6, 6.07) is 13.7. The fourth-order valence-corrected chi connectivity index (χ4v) is 3.12. The quantitative estimate of drug-likeness (QED) is 0.699. The van der Waals surface area contributed by atoms with Gasteiger partial charge in [0.25, 0.3) is 5.91 Å². The molecule has 0 radical (unpaired) electrons. The number of hydrogen-bond donors (Lipinski definition) is 1. The standard InChI is InChI=1S/C21H26N2O3/c1-15-13-18(15)20(16-7-4-3-5-8-16)23-21(24)17-9-10-19(22-14-17)26-12-6-11-25-2/h3-5,7-10,14-15,18,20H,6,11-13H2,1-2H3,(H,23,24). The predicted octanol–water partition coefficient (Wildman–Crippen LogP) is 3.62. The lowest BCUT2D eigenvalue weighted by Gasteiger charge is -2.19. The van der Waals surface area contributed by atoms with E-state index in [1.165, 1.54) is 0 Å². The van der Waals surface area contributed by atoms with Crippen molar-refractivity contribution in [3.63, 3.8) is 0 Å². The SMILES string of the molecule is COCCCOc1ccc(C(=O)NC(c2ccccc2)C2CC2C)cn1. The van der Waals surface area contributed by atoms with Gasteiger partial charge in [0.1, 0.15) is 0 Å². The molecule has 5 nitrogen and oxygen atoms in total. The van der Waals surface area contributed by atoms with Crippen molar-refractivity contribution in [3.05, 3.63) is 59.8 Å². The van der Waals surface area contributed by atoms with Gasteiger partial charge < -0.3 is 14.8 Å². The van der Waals surface area contributed by atoms with Gasteiger partial charge >= 0.3 is 0 Å². The van der Waals surface area contributed by atoms with Crippen LogP contribution in [0.4, 0.5) is 0 Å². The van der Waals surface area contributed by atoms with Gasteiger partial charge in [-0.25, -0.2) is 4.98 Å². The summed E-state index contributed by atoms with van der Waals surface area (Å²) < 4.78 is 10.5. The number of pyridine rings is 1. The molecule has 1 aliphatic carbocycles. The Morgan fingerprint density at radius 1 is 1.23 bits per heavy atom. The summed E-state index contributed by atoms with van der Waals surface area (Å²) in [5, 5.41) is 3.19. The first kappa shape index (κ1) is 18.4. The molecule has 1 heterocycles. The van der Waals surface area contributed by atoms with Crippen LogP contribution in [0.15, 0.2) is 48.7 Å². The van der Waals surface area contributed by atoms with Gasteiger partial charge in [-0.3, -0.25) is 4.79 Å². The van der Waals surface area contributed by atoms with Crippen molar-refractivity contribution < 1.29 is 14.3 Å². The highest BCUT2D eigenvalue weighted by molar-refractivity contribution is 5.94. The van der Waals surface area contributed by atoms with Gasteiger partial charge in [0.15, 0.2) is 0 Å². The first-order valence-corrected chi connectivity index (χ1v) is 9.12. The van der Waals surface area contributed by atoms with E-state index in [1.807, 2.05) is 18.2 Å². The van der Waals surface area contributed by atoms with Crippen LogP contribution in [-0.2, 0) is 4.74 Å². The molecule has 1 aliphatic rings. The number of rotatable bonds is 9. The fraction of sp³-hybridized carbons (Fsp3) is 0.429. The fourth-order valence-electron chi connectivity index (χ4n) is 3.12. The monoisotopic (exact) mass is 354 g/mol. The smallest absolute Gasteiger partial charge is 0.253 e. The Balaban J connectivity index is 1.61. The summed E-state index contributed by atoms with van der Waals surface area (Å²) in [6.45, 7) is 3.42. The minimum atomic E-state index is -0.101. The van der Waals surface area contributed by atoms with Gasteiger partial charge in [-0.05, 0) is 29.9 Å². The molecule has 0 saturated heterocycles. The average Bonchev–Trinajstić information content (AvgIpc) is 3.40. The van der Waals surface area contributed by atoms with Crippen molar-refractivity contribution in [3.8, 4) is 5.88 Å². The minimum Gasteiger partial charge on any atom is -0.478 e. The molecule has 1 amide bonds. The maximum absolute atomic E-state index is 12.7. The Bertz CT molecular complexity index is 703. The van der Waals surface area contributed by atoms with Gasteiger partial charge in [-0.1, -0.05) is 37.3 Å². The molecule has 3 atom stereocenters. The molecule has 3 rings (SSSR count). The number of nitrogens with zero attached hydrogens (tertiary/aromatic N) is 1. The van der Waals surface area contributed by atoms with Crippen LogP contribution in [0.1, 0.15) is 41.7 Å². The second kappa shape index (κ2) is 8.81. The minimum absolute atomic E-state index is 0.0451. The number of carbonyl (C=O) groups excluding carboxylic acids is 1. The van der Waals surface area contributed by atoms with Crippen LogP contribution >= 0.6 is 0 Å². The van der Waals surface area contributed by atoms with Gasteiger partial charge in [-0.2, -0.15) is 0 Å². The van der Waals surface area contributed by atoms with E-state index >= 15 is 0 Å². The Hall–Kier alpha value is -2.40. The molecule has 1 saturated carbocycles. The summed E-state index contributed by atoms with van der Waals surface area (Å²) in [5.41, 5.74) is 1.70. The molecular formula is C21H26N2O3. The first-order chi connectivity index (χ1) is 12.7. The van der Waals surface area contributed by atoms with Gasteiger partial charge in [0.2, 0.25) is 5.88 Å². The predicted molar refractivity (Wildman–Crippen MR) is 100 cm³/mol. The molecule has 5 heteroatoms. The normalized spacial score (nSPS) is 19.6. The van der Waals surface area contributed by atoms with Crippen LogP contribution in [0, 0.1) is 11.8 Å². The van der Waals surface area contributed by atoms with E-state index in [4.69, 9.17) is 9.47 Å². The number of benzene rings is 1. The highest BCUT2D eigenvalue weighted by atomic mass is 16.5. The molecule has 138 valence electrons. The first-order valence-electron chi connectivity index (χ1n) is 9.12. The maximum Gasteiger partial charge on any atom is 0.253 e. The molecule has 1 aromatic carbocycles. The molecule has 0 spiro atoms. The number of methoxy groups -OCH3 is 1. The van der Waals surface area contributed by atoms with Gasteiger partial charge in [-0.15, -0.1) is 0 Å². The molecule has 1 fully saturated rings. The van der Waals surface area contributed by atoms with E-state index in [-0.39, 0.29) is 11.9 Å². The van der Waals surface area contributed by atoms with Gasteiger partial charge in [0, 0.05) is 32.4 Å². The van der Waals surface area contributed by atoms with Crippen LogP contribution < -0.4 is 10.1 Å². The second-order valence-electron chi connectivity index (χ2n) is 6.82. The number of hydrogen-bond acceptors (Lipinski definition) is 4. The lowest BCUT2D eigenvalue weighted by Crippen LogP contribution is -2.30. The van der Waals surface area contributed by atoms with E-state index in [1.54, 1.807) is 25.4 Å².